The molecule has 2 saturated heterocycles. The Bertz CT molecular complexity index is 481. The van der Waals surface area contributed by atoms with Crippen molar-refractivity contribution in [2.24, 2.45) is 0 Å². The maximum Gasteiger partial charge on any atom is 0.138 e. The lowest BCUT2D eigenvalue weighted by molar-refractivity contribution is 0.0988. The summed E-state index contributed by atoms with van der Waals surface area (Å²) in [6.45, 7) is 5.20. The first kappa shape index (κ1) is 13.5. The van der Waals surface area contributed by atoms with Crippen molar-refractivity contribution in [1.82, 2.24) is 9.80 Å². The zero-order chi connectivity index (χ0) is 13.4. The van der Waals surface area contributed by atoms with E-state index in [1.54, 1.807) is 6.07 Å². The van der Waals surface area contributed by atoms with Crippen LogP contribution in [-0.2, 0) is 6.54 Å². The molecule has 3 rings (SSSR count). The van der Waals surface area contributed by atoms with Crippen LogP contribution in [0.25, 0.3) is 0 Å². The van der Waals surface area contributed by atoms with Gasteiger partial charge in [0.1, 0.15) is 5.75 Å². The maximum atomic E-state index is 10.0. The zero-order valence-electron chi connectivity index (χ0n) is 10.8. The highest BCUT2D eigenvalue weighted by Crippen LogP contribution is 2.32. The molecule has 1 aromatic rings. The standard InChI is InChI=1S/C14H18Cl2N2O/c15-11-6-10(14(19)13(16)7-11)8-17-4-5-18-3-1-2-12(18)9-17/h6-7,12,19H,1-5,8-9H2. The second-order valence-electron chi connectivity index (χ2n) is 5.46. The van der Waals surface area contributed by atoms with Crippen LogP contribution < -0.4 is 0 Å². The number of phenols is 1. The van der Waals surface area contributed by atoms with Crippen LogP contribution in [0.2, 0.25) is 10.0 Å². The highest BCUT2D eigenvalue weighted by atomic mass is 35.5. The number of aromatic hydroxyl groups is 1. The molecular formula is C14H18Cl2N2O. The van der Waals surface area contributed by atoms with Gasteiger partial charge in [-0.15, -0.1) is 0 Å². The van der Waals surface area contributed by atoms with E-state index in [-0.39, 0.29) is 5.75 Å². The van der Waals surface area contributed by atoms with E-state index in [0.29, 0.717) is 16.1 Å². The fraction of sp³-hybridized carbons (Fsp3) is 0.571. The third-order valence-electron chi connectivity index (χ3n) is 4.17. The quantitative estimate of drug-likeness (QED) is 0.910. The third kappa shape index (κ3) is 2.84. The fourth-order valence-electron chi connectivity index (χ4n) is 3.18. The average molecular weight is 301 g/mol. The second-order valence-corrected chi connectivity index (χ2v) is 6.31. The van der Waals surface area contributed by atoms with Gasteiger partial charge < -0.3 is 5.11 Å². The Hall–Kier alpha value is -0.480. The fourth-order valence-corrected chi connectivity index (χ4v) is 3.72. The molecule has 0 aliphatic carbocycles. The summed E-state index contributed by atoms with van der Waals surface area (Å²) < 4.78 is 0. The van der Waals surface area contributed by atoms with Crippen LogP contribution in [0.4, 0.5) is 0 Å². The summed E-state index contributed by atoms with van der Waals surface area (Å²) in [7, 11) is 0. The van der Waals surface area contributed by atoms with Crippen LogP contribution in [0.15, 0.2) is 12.1 Å². The molecule has 104 valence electrons. The monoisotopic (exact) mass is 300 g/mol. The smallest absolute Gasteiger partial charge is 0.138 e. The van der Waals surface area contributed by atoms with Crippen molar-refractivity contribution in [3.8, 4) is 5.75 Å². The molecule has 1 aromatic carbocycles. The number of piperazine rings is 1. The van der Waals surface area contributed by atoms with E-state index in [0.717, 1.165) is 31.7 Å². The minimum Gasteiger partial charge on any atom is -0.506 e. The molecule has 1 atom stereocenters. The molecule has 2 heterocycles. The lowest BCUT2D eigenvalue weighted by Gasteiger charge is -2.37. The molecule has 3 nitrogen and oxygen atoms in total. The van der Waals surface area contributed by atoms with Gasteiger partial charge in [0.25, 0.3) is 0 Å². The van der Waals surface area contributed by atoms with Crippen molar-refractivity contribution in [2.75, 3.05) is 26.2 Å². The third-order valence-corrected chi connectivity index (χ3v) is 4.68. The van der Waals surface area contributed by atoms with Crippen LogP contribution in [-0.4, -0.2) is 47.1 Å². The molecular weight excluding hydrogens is 283 g/mol. The summed E-state index contributed by atoms with van der Waals surface area (Å²) in [6.07, 6.45) is 2.60. The summed E-state index contributed by atoms with van der Waals surface area (Å²) in [4.78, 5) is 4.95. The normalized spacial score (nSPS) is 24.6. The predicted molar refractivity (Wildman–Crippen MR) is 78.0 cm³/mol. The molecule has 0 spiro atoms. The van der Waals surface area contributed by atoms with Crippen LogP contribution in [0, 0.1) is 0 Å². The van der Waals surface area contributed by atoms with E-state index in [2.05, 4.69) is 9.80 Å². The topological polar surface area (TPSA) is 26.7 Å². The number of rotatable bonds is 2. The summed E-state index contributed by atoms with van der Waals surface area (Å²) in [6, 6.07) is 4.08. The van der Waals surface area contributed by atoms with Crippen LogP contribution in [0.1, 0.15) is 18.4 Å². The summed E-state index contributed by atoms with van der Waals surface area (Å²) >= 11 is 12.0. The van der Waals surface area contributed by atoms with Crippen molar-refractivity contribution in [3.05, 3.63) is 27.7 Å². The zero-order valence-corrected chi connectivity index (χ0v) is 12.3. The van der Waals surface area contributed by atoms with E-state index in [1.165, 1.54) is 19.4 Å². The van der Waals surface area contributed by atoms with Gasteiger partial charge in [-0.2, -0.15) is 0 Å². The van der Waals surface area contributed by atoms with E-state index in [9.17, 15) is 5.11 Å². The largest absolute Gasteiger partial charge is 0.506 e. The molecule has 1 N–H and O–H groups in total. The number of hydrogen-bond acceptors (Lipinski definition) is 3. The number of fused-ring (bicyclic) bond motifs is 1. The Balaban J connectivity index is 1.71. The number of benzene rings is 1. The van der Waals surface area contributed by atoms with Crippen molar-refractivity contribution in [3.63, 3.8) is 0 Å². The van der Waals surface area contributed by atoms with Crippen molar-refractivity contribution in [2.45, 2.75) is 25.4 Å². The minimum absolute atomic E-state index is 0.167. The highest BCUT2D eigenvalue weighted by Gasteiger charge is 2.30. The molecule has 0 bridgehead atoms. The number of nitrogens with zero attached hydrogens (tertiary/aromatic N) is 2. The summed E-state index contributed by atoms with van der Waals surface area (Å²) in [5.41, 5.74) is 0.823. The molecule has 0 amide bonds. The Morgan fingerprint density at radius 1 is 1.21 bits per heavy atom. The van der Waals surface area contributed by atoms with Gasteiger partial charge >= 0.3 is 0 Å². The van der Waals surface area contributed by atoms with Gasteiger partial charge in [0, 0.05) is 42.8 Å². The second kappa shape index (κ2) is 5.49. The minimum atomic E-state index is 0.167. The van der Waals surface area contributed by atoms with Gasteiger partial charge in [0.05, 0.1) is 5.02 Å². The van der Waals surface area contributed by atoms with Gasteiger partial charge in [0.2, 0.25) is 0 Å². The van der Waals surface area contributed by atoms with Crippen LogP contribution >= 0.6 is 23.2 Å². The molecule has 0 aromatic heterocycles. The summed E-state index contributed by atoms with van der Waals surface area (Å²) in [5, 5.41) is 10.9. The van der Waals surface area contributed by atoms with Crippen LogP contribution in [0.3, 0.4) is 0 Å². The number of halogens is 2. The van der Waals surface area contributed by atoms with E-state index >= 15 is 0 Å². The van der Waals surface area contributed by atoms with Gasteiger partial charge in [-0.1, -0.05) is 23.2 Å². The van der Waals surface area contributed by atoms with Gasteiger partial charge in [-0.05, 0) is 31.5 Å². The Morgan fingerprint density at radius 3 is 2.89 bits per heavy atom. The van der Waals surface area contributed by atoms with Gasteiger partial charge in [0.15, 0.2) is 0 Å². The molecule has 5 heteroatoms. The maximum absolute atomic E-state index is 10.0. The van der Waals surface area contributed by atoms with E-state index in [1.807, 2.05) is 6.07 Å². The van der Waals surface area contributed by atoms with Crippen molar-refractivity contribution >= 4 is 23.2 Å². The predicted octanol–water partition coefficient (Wildman–Crippen LogP) is 2.98. The molecule has 2 aliphatic rings. The van der Waals surface area contributed by atoms with E-state index in [4.69, 9.17) is 23.2 Å². The van der Waals surface area contributed by atoms with Crippen molar-refractivity contribution in [1.29, 1.82) is 0 Å². The number of phenolic OH excluding ortho intramolecular Hbond substituents is 1. The van der Waals surface area contributed by atoms with Crippen molar-refractivity contribution < 1.29 is 5.11 Å². The van der Waals surface area contributed by atoms with Crippen LogP contribution in [0.5, 0.6) is 5.75 Å². The molecule has 0 saturated carbocycles. The molecule has 2 aliphatic heterocycles. The highest BCUT2D eigenvalue weighted by molar-refractivity contribution is 6.35. The Kier molecular flexibility index (Phi) is 3.90. The lowest BCUT2D eigenvalue weighted by Crippen LogP contribution is -2.49. The Labute approximate surface area is 123 Å². The average Bonchev–Trinajstić information content (AvgIpc) is 2.82. The van der Waals surface area contributed by atoms with Gasteiger partial charge in [-0.25, -0.2) is 0 Å². The molecule has 1 unspecified atom stereocenters. The first-order valence-corrected chi connectivity index (χ1v) is 7.52. The first-order chi connectivity index (χ1) is 9.13. The Morgan fingerprint density at radius 2 is 2.05 bits per heavy atom. The number of hydrogen-bond donors (Lipinski definition) is 1. The van der Waals surface area contributed by atoms with E-state index < -0.39 is 0 Å². The lowest BCUT2D eigenvalue weighted by atomic mass is 10.1. The molecule has 0 radical (unpaired) electrons. The summed E-state index contributed by atoms with van der Waals surface area (Å²) in [5.74, 6) is 0.167. The molecule has 2 fully saturated rings. The first-order valence-electron chi connectivity index (χ1n) is 6.77. The van der Waals surface area contributed by atoms with Gasteiger partial charge in [-0.3, -0.25) is 9.80 Å². The molecule has 19 heavy (non-hydrogen) atoms. The SMILES string of the molecule is Oc1c(Cl)cc(Cl)cc1CN1CCN2CCCC2C1.